The molecule has 6 heteroatoms. The molecule has 0 bridgehead atoms. The summed E-state index contributed by atoms with van der Waals surface area (Å²) < 4.78 is 15.9. The Balaban J connectivity index is 0.00000162. The minimum atomic E-state index is -0.0538. The van der Waals surface area contributed by atoms with Crippen LogP contribution in [0.15, 0.2) is 12.1 Å². The molecule has 1 atom stereocenters. The summed E-state index contributed by atoms with van der Waals surface area (Å²) in [6, 6.07) is 3.75. The fraction of sp³-hybridized carbons (Fsp3) is 0.500. The first-order chi connectivity index (χ1) is 8.26. The number of hydrogen-bond acceptors (Lipinski definition) is 5. The zero-order valence-corrected chi connectivity index (χ0v) is 11.2. The molecule has 2 rings (SSSR count). The molecule has 1 aromatic carbocycles. The lowest BCUT2D eigenvalue weighted by molar-refractivity contribution is 0.171. The molecule has 0 spiro atoms. The highest BCUT2D eigenvalue weighted by molar-refractivity contribution is 5.85. The van der Waals surface area contributed by atoms with E-state index >= 15 is 0 Å². The van der Waals surface area contributed by atoms with Crippen molar-refractivity contribution >= 4 is 12.4 Å². The molecular formula is C12H19ClN2O3. The van der Waals surface area contributed by atoms with Crippen LogP contribution in [0.4, 0.5) is 0 Å². The first kappa shape index (κ1) is 14.9. The maximum absolute atomic E-state index is 6.09. The topological polar surface area (TPSA) is 79.7 Å². The molecule has 0 fully saturated rings. The Morgan fingerprint density at radius 3 is 2.83 bits per heavy atom. The highest BCUT2D eigenvalue weighted by Gasteiger charge is 2.21. The van der Waals surface area contributed by atoms with E-state index in [1.807, 2.05) is 12.1 Å². The first-order valence-corrected chi connectivity index (χ1v) is 5.69. The van der Waals surface area contributed by atoms with Crippen LogP contribution in [0.5, 0.6) is 17.2 Å². The zero-order chi connectivity index (χ0) is 12.3. The van der Waals surface area contributed by atoms with Crippen LogP contribution in [-0.4, -0.2) is 20.4 Å². The van der Waals surface area contributed by atoms with Crippen molar-refractivity contribution < 1.29 is 14.2 Å². The van der Waals surface area contributed by atoms with Gasteiger partial charge >= 0.3 is 0 Å². The van der Waals surface area contributed by atoms with E-state index in [4.69, 9.17) is 25.7 Å². The molecule has 0 radical (unpaired) electrons. The van der Waals surface area contributed by atoms with E-state index in [1.54, 1.807) is 7.11 Å². The molecule has 0 saturated carbocycles. The fourth-order valence-corrected chi connectivity index (χ4v) is 1.87. The number of fused-ring (bicyclic) bond motifs is 1. The van der Waals surface area contributed by atoms with Crippen molar-refractivity contribution in [3.05, 3.63) is 17.7 Å². The highest BCUT2D eigenvalue weighted by Crippen LogP contribution is 2.43. The number of nitrogens with two attached hydrogens (primary N) is 2. The molecule has 1 aliphatic rings. The number of benzene rings is 1. The minimum Gasteiger partial charge on any atom is -0.493 e. The van der Waals surface area contributed by atoms with Crippen molar-refractivity contribution in [1.29, 1.82) is 0 Å². The number of hydrogen-bond donors (Lipinski definition) is 2. The predicted molar refractivity (Wildman–Crippen MR) is 71.6 cm³/mol. The van der Waals surface area contributed by atoms with Crippen molar-refractivity contribution in [2.45, 2.75) is 18.9 Å². The van der Waals surface area contributed by atoms with Gasteiger partial charge in [-0.15, -0.1) is 12.4 Å². The molecule has 1 aromatic rings. The molecule has 0 saturated heterocycles. The van der Waals surface area contributed by atoms with Crippen LogP contribution in [0, 0.1) is 0 Å². The Labute approximate surface area is 113 Å². The lowest BCUT2D eigenvalue weighted by atomic mass is 10.0. The summed E-state index contributed by atoms with van der Waals surface area (Å²) in [4.78, 5) is 0. The Kier molecular flexibility index (Phi) is 5.53. The lowest BCUT2D eigenvalue weighted by Gasteiger charge is -2.14. The summed E-state index contributed by atoms with van der Waals surface area (Å²) in [6.07, 6.45) is 1.75. The van der Waals surface area contributed by atoms with Gasteiger partial charge in [0.15, 0.2) is 11.5 Å². The highest BCUT2D eigenvalue weighted by atomic mass is 35.5. The first-order valence-electron chi connectivity index (χ1n) is 5.69. The third kappa shape index (κ3) is 2.98. The van der Waals surface area contributed by atoms with Gasteiger partial charge in [0.1, 0.15) is 0 Å². The smallest absolute Gasteiger partial charge is 0.231 e. The van der Waals surface area contributed by atoms with Crippen LogP contribution in [0.2, 0.25) is 0 Å². The predicted octanol–water partition coefficient (Wildman–Crippen LogP) is 1.58. The van der Waals surface area contributed by atoms with Crippen molar-refractivity contribution in [1.82, 2.24) is 0 Å². The normalized spacial score (nSPS) is 13.9. The third-order valence-corrected chi connectivity index (χ3v) is 2.83. The van der Waals surface area contributed by atoms with Gasteiger partial charge in [0.2, 0.25) is 12.5 Å². The summed E-state index contributed by atoms with van der Waals surface area (Å²) in [7, 11) is 1.60. The van der Waals surface area contributed by atoms with Crippen LogP contribution in [0.3, 0.4) is 0 Å². The van der Waals surface area contributed by atoms with E-state index in [0.29, 0.717) is 23.8 Å². The Morgan fingerprint density at radius 2 is 2.17 bits per heavy atom. The van der Waals surface area contributed by atoms with Gasteiger partial charge in [-0.3, -0.25) is 0 Å². The summed E-state index contributed by atoms with van der Waals surface area (Å²) >= 11 is 0. The standard InChI is InChI=1S/C12H18N2O3.ClH/c1-15-10-5-8(9(14)3-2-4-13)6-11-12(10)17-7-16-11;/h5-6,9H,2-4,7,13-14H2,1H3;1H/t9-;/m0./s1. The number of ether oxygens (including phenoxy) is 3. The van der Waals surface area contributed by atoms with E-state index in [-0.39, 0.29) is 25.2 Å². The van der Waals surface area contributed by atoms with Gasteiger partial charge in [-0.25, -0.2) is 0 Å². The molecule has 1 aliphatic heterocycles. The number of rotatable bonds is 5. The Hall–Kier alpha value is -1.17. The molecule has 1 heterocycles. The van der Waals surface area contributed by atoms with Gasteiger partial charge in [-0.1, -0.05) is 0 Å². The number of halogens is 1. The van der Waals surface area contributed by atoms with Gasteiger partial charge in [-0.2, -0.15) is 0 Å². The maximum Gasteiger partial charge on any atom is 0.231 e. The van der Waals surface area contributed by atoms with Crippen molar-refractivity contribution in [2.75, 3.05) is 20.4 Å². The third-order valence-electron chi connectivity index (χ3n) is 2.83. The molecule has 0 aromatic heterocycles. The van der Waals surface area contributed by atoms with Gasteiger partial charge < -0.3 is 25.7 Å². The molecule has 4 N–H and O–H groups in total. The Bertz CT molecular complexity index is 401. The molecular weight excluding hydrogens is 256 g/mol. The van der Waals surface area contributed by atoms with Gasteiger partial charge in [0.25, 0.3) is 0 Å². The quantitative estimate of drug-likeness (QED) is 0.852. The van der Waals surface area contributed by atoms with Crippen LogP contribution in [0.25, 0.3) is 0 Å². The monoisotopic (exact) mass is 274 g/mol. The Morgan fingerprint density at radius 1 is 1.39 bits per heavy atom. The van der Waals surface area contributed by atoms with Crippen LogP contribution in [0.1, 0.15) is 24.4 Å². The number of methoxy groups -OCH3 is 1. The lowest BCUT2D eigenvalue weighted by Crippen LogP contribution is -2.12. The van der Waals surface area contributed by atoms with Crippen molar-refractivity contribution in [3.8, 4) is 17.2 Å². The summed E-state index contributed by atoms with van der Waals surface area (Å²) in [5.74, 6) is 2.02. The van der Waals surface area contributed by atoms with Crippen molar-refractivity contribution in [2.24, 2.45) is 11.5 Å². The zero-order valence-electron chi connectivity index (χ0n) is 10.3. The van der Waals surface area contributed by atoms with Gasteiger partial charge in [-0.05, 0) is 37.1 Å². The van der Waals surface area contributed by atoms with Gasteiger partial charge in [0.05, 0.1) is 7.11 Å². The average Bonchev–Trinajstić information content (AvgIpc) is 2.82. The summed E-state index contributed by atoms with van der Waals surface area (Å²) in [5, 5.41) is 0. The van der Waals surface area contributed by atoms with Crippen LogP contribution in [-0.2, 0) is 0 Å². The van der Waals surface area contributed by atoms with Gasteiger partial charge in [0, 0.05) is 6.04 Å². The van der Waals surface area contributed by atoms with Crippen LogP contribution >= 0.6 is 12.4 Å². The summed E-state index contributed by atoms with van der Waals surface area (Å²) in [6.45, 7) is 0.878. The van der Waals surface area contributed by atoms with E-state index in [1.165, 1.54) is 0 Å². The molecule has 5 nitrogen and oxygen atoms in total. The molecule has 0 amide bonds. The SMILES string of the molecule is COc1cc([C@@H](N)CCCN)cc2c1OCO2.Cl. The minimum absolute atomic E-state index is 0. The second-order valence-corrected chi connectivity index (χ2v) is 3.99. The van der Waals surface area contributed by atoms with E-state index in [9.17, 15) is 0 Å². The van der Waals surface area contributed by atoms with E-state index in [0.717, 1.165) is 18.4 Å². The molecule has 102 valence electrons. The largest absolute Gasteiger partial charge is 0.493 e. The molecule has 0 unspecified atom stereocenters. The average molecular weight is 275 g/mol. The fourth-order valence-electron chi connectivity index (χ4n) is 1.87. The van der Waals surface area contributed by atoms with Crippen molar-refractivity contribution in [3.63, 3.8) is 0 Å². The molecule has 0 aliphatic carbocycles. The molecule has 18 heavy (non-hydrogen) atoms. The second kappa shape index (κ2) is 6.68. The summed E-state index contributed by atoms with van der Waals surface area (Å²) in [5.41, 5.74) is 12.6. The van der Waals surface area contributed by atoms with Crippen LogP contribution < -0.4 is 25.7 Å². The van der Waals surface area contributed by atoms with E-state index < -0.39 is 0 Å². The second-order valence-electron chi connectivity index (χ2n) is 3.99. The maximum atomic E-state index is 6.09. The van der Waals surface area contributed by atoms with E-state index in [2.05, 4.69) is 0 Å².